The van der Waals surface area contributed by atoms with Crippen molar-refractivity contribution in [1.29, 1.82) is 0 Å². The minimum Gasteiger partial charge on any atom is -0.390 e. The number of likely N-dealkylation sites (N-methyl/N-ethyl adjacent to an activating group) is 1. The smallest absolute Gasteiger partial charge is 0.261 e. The third-order valence-corrected chi connectivity index (χ3v) is 3.60. The van der Waals surface area contributed by atoms with Crippen molar-refractivity contribution < 1.29 is 14.7 Å². The molecule has 2 amide bonds. The Morgan fingerprint density at radius 3 is 2.11 bits per heavy atom. The molecule has 5 nitrogen and oxygen atoms in total. The second-order valence-corrected chi connectivity index (χ2v) is 4.88. The van der Waals surface area contributed by atoms with E-state index in [0.29, 0.717) is 24.2 Å². The first-order chi connectivity index (χ1) is 8.59. The molecule has 0 aliphatic carbocycles. The van der Waals surface area contributed by atoms with Crippen molar-refractivity contribution in [3.05, 3.63) is 35.4 Å². The third kappa shape index (κ3) is 1.48. The van der Waals surface area contributed by atoms with Crippen LogP contribution in [0.3, 0.4) is 0 Å². The van der Waals surface area contributed by atoms with Gasteiger partial charge >= 0.3 is 0 Å². The highest BCUT2D eigenvalue weighted by Crippen LogP contribution is 2.27. The fraction of sp³-hybridized carbons (Fsp3) is 0.385. The third-order valence-electron chi connectivity index (χ3n) is 3.60. The monoisotopic (exact) mass is 246 g/mol. The molecule has 18 heavy (non-hydrogen) atoms. The molecule has 1 fully saturated rings. The molecule has 0 unspecified atom stereocenters. The molecule has 1 aromatic rings. The van der Waals surface area contributed by atoms with Gasteiger partial charge in [-0.05, 0) is 19.2 Å². The SMILES string of the molecule is CN1C[C@H](O)[C@@H](N2C(=O)c3ccccc3C2=O)C1. The molecule has 0 spiro atoms. The minimum absolute atomic E-state index is 0.296. The Balaban J connectivity index is 1.97. The van der Waals surface area contributed by atoms with E-state index in [1.165, 1.54) is 4.90 Å². The lowest BCUT2D eigenvalue weighted by atomic mass is 10.1. The Hall–Kier alpha value is -1.72. The number of hydrogen-bond acceptors (Lipinski definition) is 4. The van der Waals surface area contributed by atoms with Crippen LogP contribution in [0.1, 0.15) is 20.7 Å². The van der Waals surface area contributed by atoms with Gasteiger partial charge in [0.25, 0.3) is 11.8 Å². The lowest BCUT2D eigenvalue weighted by molar-refractivity contribution is 0.0451. The number of fused-ring (bicyclic) bond motifs is 1. The number of nitrogens with zero attached hydrogens (tertiary/aromatic N) is 2. The molecule has 1 aromatic carbocycles. The molecule has 0 saturated carbocycles. The zero-order valence-electron chi connectivity index (χ0n) is 10.0. The van der Waals surface area contributed by atoms with Crippen LogP contribution in [0.4, 0.5) is 0 Å². The van der Waals surface area contributed by atoms with Gasteiger partial charge < -0.3 is 10.0 Å². The van der Waals surface area contributed by atoms with Gasteiger partial charge in [0.1, 0.15) is 0 Å². The zero-order chi connectivity index (χ0) is 12.9. The lowest BCUT2D eigenvalue weighted by Crippen LogP contribution is -2.46. The maximum Gasteiger partial charge on any atom is 0.261 e. The molecule has 2 heterocycles. The van der Waals surface area contributed by atoms with Crippen molar-refractivity contribution in [2.45, 2.75) is 12.1 Å². The summed E-state index contributed by atoms with van der Waals surface area (Å²) in [7, 11) is 1.86. The van der Waals surface area contributed by atoms with Gasteiger partial charge in [0.05, 0.1) is 23.3 Å². The molecule has 1 N–H and O–H groups in total. The number of carbonyl (C=O) groups is 2. The summed E-state index contributed by atoms with van der Waals surface area (Å²) in [5.74, 6) is -0.593. The van der Waals surface area contributed by atoms with Crippen molar-refractivity contribution in [2.24, 2.45) is 0 Å². The summed E-state index contributed by atoms with van der Waals surface area (Å²) in [5.41, 5.74) is 0.869. The summed E-state index contributed by atoms with van der Waals surface area (Å²) in [4.78, 5) is 27.6. The number of rotatable bonds is 1. The van der Waals surface area contributed by atoms with E-state index < -0.39 is 12.1 Å². The van der Waals surface area contributed by atoms with Crippen LogP contribution >= 0.6 is 0 Å². The van der Waals surface area contributed by atoms with E-state index in [1.54, 1.807) is 24.3 Å². The molecule has 5 heteroatoms. The second kappa shape index (κ2) is 3.90. The molecule has 0 aromatic heterocycles. The van der Waals surface area contributed by atoms with Crippen LogP contribution in [0.2, 0.25) is 0 Å². The van der Waals surface area contributed by atoms with E-state index in [9.17, 15) is 14.7 Å². The molecular weight excluding hydrogens is 232 g/mol. The first-order valence-electron chi connectivity index (χ1n) is 5.93. The van der Waals surface area contributed by atoms with Gasteiger partial charge in [0.2, 0.25) is 0 Å². The average Bonchev–Trinajstić information content (AvgIpc) is 2.79. The number of carbonyl (C=O) groups excluding carboxylic acids is 2. The molecule has 3 rings (SSSR count). The first kappa shape index (κ1) is 11.4. The highest BCUT2D eigenvalue weighted by atomic mass is 16.3. The summed E-state index contributed by atoms with van der Waals surface area (Å²) >= 11 is 0. The van der Waals surface area contributed by atoms with Crippen LogP contribution in [-0.2, 0) is 0 Å². The molecule has 2 aliphatic heterocycles. The molecule has 2 atom stereocenters. The highest BCUT2D eigenvalue weighted by molar-refractivity contribution is 6.21. The molecule has 0 radical (unpaired) electrons. The standard InChI is InChI=1S/C13H14N2O3/c1-14-6-10(11(16)7-14)15-12(17)8-4-2-3-5-9(8)13(15)18/h2-5,10-11,16H,6-7H2,1H3/t10-,11-/m0/s1. The first-order valence-corrected chi connectivity index (χ1v) is 5.93. The van der Waals surface area contributed by atoms with E-state index >= 15 is 0 Å². The number of aliphatic hydroxyl groups is 1. The van der Waals surface area contributed by atoms with Crippen molar-refractivity contribution in [3.8, 4) is 0 Å². The zero-order valence-corrected chi connectivity index (χ0v) is 10.0. The predicted octanol–water partition coefficient (Wildman–Crippen LogP) is -0.0425. The van der Waals surface area contributed by atoms with Crippen molar-refractivity contribution in [1.82, 2.24) is 9.80 Å². The van der Waals surface area contributed by atoms with Crippen LogP contribution < -0.4 is 0 Å². The lowest BCUT2D eigenvalue weighted by Gasteiger charge is -2.24. The largest absolute Gasteiger partial charge is 0.390 e. The summed E-state index contributed by atoms with van der Waals surface area (Å²) in [6.07, 6.45) is -0.669. The summed E-state index contributed by atoms with van der Waals surface area (Å²) in [5, 5.41) is 9.95. The number of hydrogen-bond donors (Lipinski definition) is 1. The van der Waals surface area contributed by atoms with E-state index in [2.05, 4.69) is 0 Å². The van der Waals surface area contributed by atoms with Crippen LogP contribution in [0.15, 0.2) is 24.3 Å². The molecule has 0 bridgehead atoms. The Morgan fingerprint density at radius 1 is 1.11 bits per heavy atom. The molecule has 94 valence electrons. The van der Waals surface area contributed by atoms with Crippen molar-refractivity contribution >= 4 is 11.8 Å². The Kier molecular flexibility index (Phi) is 2.46. The number of aliphatic hydroxyl groups excluding tert-OH is 1. The summed E-state index contributed by atoms with van der Waals surface area (Å²) < 4.78 is 0. The Morgan fingerprint density at radius 2 is 1.67 bits per heavy atom. The van der Waals surface area contributed by atoms with Gasteiger partial charge in [-0.3, -0.25) is 14.5 Å². The quantitative estimate of drug-likeness (QED) is 0.706. The molecular formula is C13H14N2O3. The maximum atomic E-state index is 12.2. The number of imide groups is 1. The van der Waals surface area contributed by atoms with E-state index in [-0.39, 0.29) is 11.8 Å². The van der Waals surface area contributed by atoms with Crippen LogP contribution in [0, 0.1) is 0 Å². The number of likely N-dealkylation sites (tertiary alicyclic amines) is 1. The Bertz CT molecular complexity index is 494. The van der Waals surface area contributed by atoms with Crippen LogP contribution in [-0.4, -0.2) is 59.0 Å². The second-order valence-electron chi connectivity index (χ2n) is 4.88. The minimum atomic E-state index is -0.669. The van der Waals surface area contributed by atoms with Gasteiger partial charge in [-0.25, -0.2) is 0 Å². The number of amides is 2. The van der Waals surface area contributed by atoms with E-state index in [0.717, 1.165) is 0 Å². The topological polar surface area (TPSA) is 60.9 Å². The average molecular weight is 246 g/mol. The molecule has 1 saturated heterocycles. The van der Waals surface area contributed by atoms with Crippen LogP contribution in [0.5, 0.6) is 0 Å². The van der Waals surface area contributed by atoms with Gasteiger partial charge in [-0.15, -0.1) is 0 Å². The molecule has 2 aliphatic rings. The van der Waals surface area contributed by atoms with Gasteiger partial charge in [0.15, 0.2) is 0 Å². The number of benzene rings is 1. The van der Waals surface area contributed by atoms with Crippen molar-refractivity contribution in [3.63, 3.8) is 0 Å². The van der Waals surface area contributed by atoms with Crippen molar-refractivity contribution in [2.75, 3.05) is 20.1 Å². The summed E-state index contributed by atoms with van der Waals surface area (Å²) in [6.45, 7) is 1.00. The normalized spacial score (nSPS) is 28.0. The maximum absolute atomic E-state index is 12.2. The van der Waals surface area contributed by atoms with Gasteiger partial charge in [-0.2, -0.15) is 0 Å². The van der Waals surface area contributed by atoms with Crippen LogP contribution in [0.25, 0.3) is 0 Å². The Labute approximate surface area is 105 Å². The fourth-order valence-electron chi connectivity index (χ4n) is 2.72. The van der Waals surface area contributed by atoms with E-state index in [1.807, 2.05) is 11.9 Å². The fourth-order valence-corrected chi connectivity index (χ4v) is 2.72. The van der Waals surface area contributed by atoms with Gasteiger partial charge in [0, 0.05) is 13.1 Å². The predicted molar refractivity (Wildman–Crippen MR) is 64.2 cm³/mol. The highest BCUT2D eigenvalue weighted by Gasteiger charge is 2.45. The van der Waals surface area contributed by atoms with Gasteiger partial charge in [-0.1, -0.05) is 12.1 Å². The summed E-state index contributed by atoms with van der Waals surface area (Å²) in [6, 6.07) is 6.35. The van der Waals surface area contributed by atoms with E-state index in [4.69, 9.17) is 0 Å². The number of β-amino-alcohol motifs (C(OH)–C–C–N with tert-alkyl or cyclic N) is 1.